The van der Waals surface area contributed by atoms with Crippen LogP contribution in [-0.2, 0) is 4.79 Å². The molecule has 1 heterocycles. The van der Waals surface area contributed by atoms with Gasteiger partial charge in [-0.15, -0.1) is 0 Å². The van der Waals surface area contributed by atoms with Crippen molar-refractivity contribution in [3.8, 4) is 0 Å². The standard InChI is InChI=1S/C7H13NO2/c1-5-6(7(9)10)3-4-8(5)2/h5-6H,3-4H2,1-2H3,(H,9,10)/t5-,6-/m1/s1. The zero-order valence-corrected chi connectivity index (χ0v) is 6.37. The van der Waals surface area contributed by atoms with Crippen molar-refractivity contribution in [3.05, 3.63) is 0 Å². The van der Waals surface area contributed by atoms with Crippen LogP contribution in [0.1, 0.15) is 13.3 Å². The molecule has 0 aromatic rings. The van der Waals surface area contributed by atoms with Crippen LogP contribution in [0.3, 0.4) is 0 Å². The molecule has 1 fully saturated rings. The van der Waals surface area contributed by atoms with Crippen molar-refractivity contribution in [2.24, 2.45) is 5.92 Å². The number of likely N-dealkylation sites (tertiary alicyclic amines) is 1. The number of carboxylic acids is 1. The number of hydrogen-bond donors (Lipinski definition) is 1. The first-order valence-electron chi connectivity index (χ1n) is 3.56. The van der Waals surface area contributed by atoms with Crippen LogP contribution in [0.5, 0.6) is 0 Å². The summed E-state index contributed by atoms with van der Waals surface area (Å²) in [5, 5.41) is 8.67. The van der Waals surface area contributed by atoms with Crippen LogP contribution in [-0.4, -0.2) is 35.6 Å². The number of hydrogen-bond acceptors (Lipinski definition) is 2. The van der Waals surface area contributed by atoms with Gasteiger partial charge in [-0.25, -0.2) is 0 Å². The molecule has 3 heteroatoms. The highest BCUT2D eigenvalue weighted by Gasteiger charge is 2.32. The Kier molecular flexibility index (Phi) is 1.94. The van der Waals surface area contributed by atoms with Crippen molar-refractivity contribution in [1.82, 2.24) is 4.90 Å². The highest BCUT2D eigenvalue weighted by molar-refractivity contribution is 5.71. The van der Waals surface area contributed by atoms with Crippen LogP contribution in [0.2, 0.25) is 0 Å². The van der Waals surface area contributed by atoms with Crippen LogP contribution >= 0.6 is 0 Å². The van der Waals surface area contributed by atoms with Crippen molar-refractivity contribution < 1.29 is 9.90 Å². The molecule has 3 nitrogen and oxygen atoms in total. The molecule has 0 unspecified atom stereocenters. The Morgan fingerprint density at radius 1 is 1.70 bits per heavy atom. The summed E-state index contributed by atoms with van der Waals surface area (Å²) >= 11 is 0. The second-order valence-corrected chi connectivity index (χ2v) is 2.95. The van der Waals surface area contributed by atoms with E-state index in [1.807, 2.05) is 14.0 Å². The van der Waals surface area contributed by atoms with Crippen LogP contribution in [0.15, 0.2) is 0 Å². The fraction of sp³-hybridized carbons (Fsp3) is 0.857. The average Bonchev–Trinajstić information content (AvgIpc) is 2.14. The highest BCUT2D eigenvalue weighted by Crippen LogP contribution is 2.21. The molecule has 10 heavy (non-hydrogen) atoms. The lowest BCUT2D eigenvalue weighted by molar-refractivity contribution is -0.142. The second-order valence-electron chi connectivity index (χ2n) is 2.95. The number of nitrogens with zero attached hydrogens (tertiary/aromatic N) is 1. The maximum atomic E-state index is 10.5. The molecule has 0 spiro atoms. The fourth-order valence-corrected chi connectivity index (χ4v) is 1.42. The smallest absolute Gasteiger partial charge is 0.308 e. The van der Waals surface area contributed by atoms with E-state index < -0.39 is 5.97 Å². The molecule has 0 saturated carbocycles. The third-order valence-electron chi connectivity index (χ3n) is 2.39. The molecule has 0 aliphatic carbocycles. The second kappa shape index (κ2) is 2.58. The van der Waals surface area contributed by atoms with Crippen LogP contribution < -0.4 is 0 Å². The van der Waals surface area contributed by atoms with Gasteiger partial charge < -0.3 is 10.0 Å². The molecule has 0 aromatic heterocycles. The van der Waals surface area contributed by atoms with Crippen molar-refractivity contribution in [2.45, 2.75) is 19.4 Å². The number of aliphatic carboxylic acids is 1. The normalized spacial score (nSPS) is 34.6. The molecule has 0 amide bonds. The number of rotatable bonds is 1. The minimum atomic E-state index is -0.656. The lowest BCUT2D eigenvalue weighted by Crippen LogP contribution is -2.29. The van der Waals surface area contributed by atoms with E-state index in [0.29, 0.717) is 0 Å². The quantitative estimate of drug-likeness (QED) is 0.578. The largest absolute Gasteiger partial charge is 0.481 e. The summed E-state index contributed by atoms with van der Waals surface area (Å²) in [7, 11) is 1.97. The van der Waals surface area contributed by atoms with E-state index in [1.54, 1.807) is 0 Å². The summed E-state index contributed by atoms with van der Waals surface area (Å²) in [6.45, 7) is 2.88. The molecule has 1 saturated heterocycles. The van der Waals surface area contributed by atoms with Gasteiger partial charge in [0.15, 0.2) is 0 Å². The van der Waals surface area contributed by atoms with Gasteiger partial charge in [-0.2, -0.15) is 0 Å². The molecule has 1 aliphatic heterocycles. The first-order valence-corrected chi connectivity index (χ1v) is 3.56. The first-order chi connectivity index (χ1) is 4.63. The van der Waals surface area contributed by atoms with Gasteiger partial charge in [-0.3, -0.25) is 4.79 Å². The number of carbonyl (C=O) groups is 1. The lowest BCUT2D eigenvalue weighted by Gasteiger charge is -2.16. The van der Waals surface area contributed by atoms with E-state index in [-0.39, 0.29) is 12.0 Å². The highest BCUT2D eigenvalue weighted by atomic mass is 16.4. The van der Waals surface area contributed by atoms with Gasteiger partial charge in [0.2, 0.25) is 0 Å². The third kappa shape index (κ3) is 1.14. The zero-order chi connectivity index (χ0) is 7.72. The molecule has 0 radical (unpaired) electrons. The van der Waals surface area contributed by atoms with Gasteiger partial charge in [-0.05, 0) is 26.9 Å². The van der Waals surface area contributed by atoms with Crippen LogP contribution in [0, 0.1) is 5.92 Å². The summed E-state index contributed by atoms with van der Waals surface area (Å²) in [5.41, 5.74) is 0. The Balaban J connectivity index is 2.57. The van der Waals surface area contributed by atoms with E-state index in [1.165, 1.54) is 0 Å². The Morgan fingerprint density at radius 2 is 2.30 bits per heavy atom. The summed E-state index contributed by atoms with van der Waals surface area (Å²) in [5.74, 6) is -0.804. The average molecular weight is 143 g/mol. The molecular formula is C7H13NO2. The van der Waals surface area contributed by atoms with E-state index >= 15 is 0 Å². The Hall–Kier alpha value is -0.570. The lowest BCUT2D eigenvalue weighted by atomic mass is 10.0. The Bertz CT molecular complexity index is 147. The van der Waals surface area contributed by atoms with Gasteiger partial charge in [0, 0.05) is 6.04 Å². The van der Waals surface area contributed by atoms with Gasteiger partial charge in [0.05, 0.1) is 5.92 Å². The van der Waals surface area contributed by atoms with Gasteiger partial charge in [-0.1, -0.05) is 0 Å². The molecule has 2 atom stereocenters. The zero-order valence-electron chi connectivity index (χ0n) is 6.37. The molecule has 1 N–H and O–H groups in total. The third-order valence-corrected chi connectivity index (χ3v) is 2.39. The summed E-state index contributed by atoms with van der Waals surface area (Å²) < 4.78 is 0. The van der Waals surface area contributed by atoms with Crippen LogP contribution in [0.25, 0.3) is 0 Å². The van der Waals surface area contributed by atoms with Gasteiger partial charge in [0.1, 0.15) is 0 Å². The topological polar surface area (TPSA) is 40.5 Å². The van der Waals surface area contributed by atoms with Crippen LogP contribution in [0.4, 0.5) is 0 Å². The summed E-state index contributed by atoms with van der Waals surface area (Å²) in [6, 6.07) is 0.206. The Morgan fingerprint density at radius 3 is 2.50 bits per heavy atom. The predicted molar refractivity (Wildman–Crippen MR) is 37.8 cm³/mol. The van der Waals surface area contributed by atoms with Crippen molar-refractivity contribution >= 4 is 5.97 Å². The van der Waals surface area contributed by atoms with Crippen molar-refractivity contribution in [2.75, 3.05) is 13.6 Å². The maximum Gasteiger partial charge on any atom is 0.308 e. The van der Waals surface area contributed by atoms with E-state index in [2.05, 4.69) is 4.90 Å². The first kappa shape index (κ1) is 7.54. The molecule has 0 bridgehead atoms. The fourth-order valence-electron chi connectivity index (χ4n) is 1.42. The summed E-state index contributed by atoms with van der Waals surface area (Å²) in [6.07, 6.45) is 0.799. The maximum absolute atomic E-state index is 10.5. The van der Waals surface area contributed by atoms with Crippen molar-refractivity contribution in [1.29, 1.82) is 0 Å². The van der Waals surface area contributed by atoms with Crippen molar-refractivity contribution in [3.63, 3.8) is 0 Å². The Labute approximate surface area is 60.6 Å². The molecule has 1 aliphatic rings. The monoisotopic (exact) mass is 143 g/mol. The SMILES string of the molecule is C[C@@H]1[C@H](C(=O)O)CCN1C. The summed E-state index contributed by atoms with van der Waals surface area (Å²) in [4.78, 5) is 12.6. The van der Waals surface area contributed by atoms with E-state index in [9.17, 15) is 4.79 Å². The molecule has 58 valence electrons. The molecular weight excluding hydrogens is 130 g/mol. The predicted octanol–water partition coefficient (Wildman–Crippen LogP) is 0.411. The molecule has 1 rings (SSSR count). The van der Waals surface area contributed by atoms with Gasteiger partial charge >= 0.3 is 5.97 Å². The minimum absolute atomic E-state index is 0.148. The van der Waals surface area contributed by atoms with E-state index in [0.717, 1.165) is 13.0 Å². The minimum Gasteiger partial charge on any atom is -0.481 e. The number of carboxylic acid groups (broad SMARTS) is 1. The van der Waals surface area contributed by atoms with Gasteiger partial charge in [0.25, 0.3) is 0 Å². The van der Waals surface area contributed by atoms with E-state index in [4.69, 9.17) is 5.11 Å². The molecule has 0 aromatic carbocycles.